The minimum absolute atomic E-state index is 0.0952. The summed E-state index contributed by atoms with van der Waals surface area (Å²) in [4.78, 5) is 28.7. The third kappa shape index (κ3) is 3.68. The van der Waals surface area contributed by atoms with Gasteiger partial charge in [0.2, 0.25) is 17.8 Å². The average molecular weight is 293 g/mol. The lowest BCUT2D eigenvalue weighted by Gasteiger charge is -2.22. The highest BCUT2D eigenvalue weighted by Gasteiger charge is 2.26. The molecule has 0 N–H and O–H groups in total. The smallest absolute Gasteiger partial charge is 0.329 e. The molecule has 9 heteroatoms. The third-order valence-corrected chi connectivity index (χ3v) is 2.65. The highest BCUT2D eigenvalue weighted by atomic mass is 16.5. The molecule has 0 spiro atoms. The third-order valence-electron chi connectivity index (χ3n) is 2.65. The van der Waals surface area contributed by atoms with E-state index in [4.69, 9.17) is 0 Å². The molecule has 1 aromatic rings. The SMILES string of the molecule is COC(=O)[C@H](C)N(C#N)c1nc(N(C)C)nc(N(C)C)n1. The fourth-order valence-electron chi connectivity index (χ4n) is 1.43. The number of nitriles is 1. The van der Waals surface area contributed by atoms with E-state index >= 15 is 0 Å². The van der Waals surface area contributed by atoms with Gasteiger partial charge in [-0.2, -0.15) is 20.2 Å². The van der Waals surface area contributed by atoms with Gasteiger partial charge in [0.25, 0.3) is 0 Å². The quantitative estimate of drug-likeness (QED) is 0.417. The number of anilines is 3. The molecule has 0 aromatic carbocycles. The summed E-state index contributed by atoms with van der Waals surface area (Å²) in [5.41, 5.74) is 0. The van der Waals surface area contributed by atoms with Gasteiger partial charge in [0.15, 0.2) is 6.19 Å². The first-order valence-corrected chi connectivity index (χ1v) is 6.19. The van der Waals surface area contributed by atoms with Crippen molar-refractivity contribution in [2.24, 2.45) is 0 Å². The van der Waals surface area contributed by atoms with Crippen LogP contribution >= 0.6 is 0 Å². The summed E-state index contributed by atoms with van der Waals surface area (Å²) in [5, 5.41) is 9.29. The van der Waals surface area contributed by atoms with E-state index in [0.717, 1.165) is 4.90 Å². The Hall–Kier alpha value is -2.63. The number of hydrogen-bond donors (Lipinski definition) is 0. The Morgan fingerprint density at radius 1 is 1.10 bits per heavy atom. The standard InChI is InChI=1S/C12H19N7O2/c1-8(9(20)21-6)19(7-13)12-15-10(17(2)3)14-11(16-12)18(4)5/h8H,1-6H3/t8-/m0/s1. The molecule has 0 amide bonds. The maximum atomic E-state index is 11.6. The van der Waals surface area contributed by atoms with E-state index in [1.807, 2.05) is 6.19 Å². The summed E-state index contributed by atoms with van der Waals surface area (Å²) in [7, 11) is 8.37. The molecule has 0 aliphatic carbocycles. The van der Waals surface area contributed by atoms with Gasteiger partial charge in [0, 0.05) is 28.2 Å². The predicted molar refractivity (Wildman–Crippen MR) is 78.1 cm³/mol. The Bertz CT molecular complexity index is 527. The van der Waals surface area contributed by atoms with Gasteiger partial charge in [-0.1, -0.05) is 0 Å². The van der Waals surface area contributed by atoms with Crippen LogP contribution in [-0.2, 0) is 9.53 Å². The summed E-state index contributed by atoms with van der Waals surface area (Å²) in [6, 6.07) is -0.826. The highest BCUT2D eigenvalue weighted by molar-refractivity contribution is 5.79. The van der Waals surface area contributed by atoms with E-state index in [1.165, 1.54) is 7.11 Å². The minimum atomic E-state index is -0.826. The average Bonchev–Trinajstić information content (AvgIpc) is 2.46. The van der Waals surface area contributed by atoms with Crippen molar-refractivity contribution in [2.45, 2.75) is 13.0 Å². The van der Waals surface area contributed by atoms with Crippen molar-refractivity contribution in [3.8, 4) is 6.19 Å². The van der Waals surface area contributed by atoms with Crippen LogP contribution in [0.1, 0.15) is 6.92 Å². The number of carbonyl (C=O) groups excluding carboxylic acids is 1. The Labute approximate surface area is 123 Å². The second-order valence-corrected chi connectivity index (χ2v) is 4.69. The van der Waals surface area contributed by atoms with Crippen LogP contribution in [0.15, 0.2) is 0 Å². The lowest BCUT2D eigenvalue weighted by molar-refractivity contribution is -0.141. The van der Waals surface area contributed by atoms with Gasteiger partial charge in [0.1, 0.15) is 6.04 Å². The number of carbonyl (C=O) groups is 1. The molecule has 1 rings (SSSR count). The van der Waals surface area contributed by atoms with Gasteiger partial charge in [0.05, 0.1) is 7.11 Å². The van der Waals surface area contributed by atoms with Crippen molar-refractivity contribution in [2.75, 3.05) is 50.0 Å². The van der Waals surface area contributed by atoms with Crippen molar-refractivity contribution in [3.05, 3.63) is 0 Å². The maximum Gasteiger partial charge on any atom is 0.329 e. The van der Waals surface area contributed by atoms with Crippen LogP contribution < -0.4 is 14.7 Å². The Kier molecular flexibility index (Phi) is 5.24. The van der Waals surface area contributed by atoms with Crippen molar-refractivity contribution >= 4 is 23.8 Å². The number of rotatable bonds is 5. The number of hydrogen-bond acceptors (Lipinski definition) is 9. The van der Waals surface area contributed by atoms with Gasteiger partial charge in [-0.25, -0.2) is 9.69 Å². The molecule has 0 saturated carbocycles. The summed E-state index contributed by atoms with van der Waals surface area (Å²) in [6.07, 6.45) is 1.91. The molecular weight excluding hydrogens is 274 g/mol. The van der Waals surface area contributed by atoms with Crippen LogP contribution in [0.3, 0.4) is 0 Å². The summed E-state index contributed by atoms with van der Waals surface area (Å²) >= 11 is 0. The van der Waals surface area contributed by atoms with E-state index in [1.54, 1.807) is 44.9 Å². The van der Waals surface area contributed by atoms with Crippen molar-refractivity contribution in [3.63, 3.8) is 0 Å². The lowest BCUT2D eigenvalue weighted by atomic mass is 10.3. The number of nitrogens with zero attached hydrogens (tertiary/aromatic N) is 7. The normalized spacial score (nSPS) is 11.3. The molecule has 0 unspecified atom stereocenters. The molecule has 0 fully saturated rings. The predicted octanol–water partition coefficient (Wildman–Crippen LogP) is -0.147. The molecule has 0 bridgehead atoms. The van der Waals surface area contributed by atoms with Crippen LogP contribution in [-0.4, -0.2) is 62.3 Å². The first-order chi connectivity index (χ1) is 9.81. The van der Waals surface area contributed by atoms with Crippen molar-refractivity contribution in [1.82, 2.24) is 15.0 Å². The molecule has 0 aliphatic rings. The van der Waals surface area contributed by atoms with Gasteiger partial charge in [-0.05, 0) is 6.92 Å². The highest BCUT2D eigenvalue weighted by Crippen LogP contribution is 2.18. The van der Waals surface area contributed by atoms with Gasteiger partial charge in [-0.15, -0.1) is 0 Å². The zero-order valence-corrected chi connectivity index (χ0v) is 13.0. The van der Waals surface area contributed by atoms with Crippen LogP contribution in [0.4, 0.5) is 17.8 Å². The first-order valence-electron chi connectivity index (χ1n) is 6.19. The fourth-order valence-corrected chi connectivity index (χ4v) is 1.43. The molecule has 0 radical (unpaired) electrons. The van der Waals surface area contributed by atoms with Gasteiger partial charge >= 0.3 is 5.97 Å². The Morgan fingerprint density at radius 3 is 1.86 bits per heavy atom. The number of ether oxygens (including phenoxy) is 1. The molecule has 1 atom stereocenters. The van der Waals surface area contributed by atoms with Crippen LogP contribution in [0, 0.1) is 11.5 Å². The minimum Gasteiger partial charge on any atom is -0.467 e. The summed E-state index contributed by atoms with van der Waals surface area (Å²) in [5.74, 6) is 0.328. The molecule has 0 saturated heterocycles. The van der Waals surface area contributed by atoms with Crippen molar-refractivity contribution in [1.29, 1.82) is 5.26 Å². The second-order valence-electron chi connectivity index (χ2n) is 4.69. The fraction of sp³-hybridized carbons (Fsp3) is 0.583. The molecule has 0 aliphatic heterocycles. The number of aromatic nitrogens is 3. The molecule has 1 heterocycles. The number of esters is 1. The molecule has 1 aromatic heterocycles. The zero-order chi connectivity index (χ0) is 16.2. The van der Waals surface area contributed by atoms with Crippen LogP contribution in [0.5, 0.6) is 0 Å². The monoisotopic (exact) mass is 293 g/mol. The summed E-state index contributed by atoms with van der Waals surface area (Å²) in [6.45, 7) is 1.55. The van der Waals surface area contributed by atoms with E-state index in [0.29, 0.717) is 11.9 Å². The molecule has 9 nitrogen and oxygen atoms in total. The molecular formula is C12H19N7O2. The van der Waals surface area contributed by atoms with Crippen molar-refractivity contribution < 1.29 is 9.53 Å². The second kappa shape index (κ2) is 6.69. The van der Waals surface area contributed by atoms with E-state index in [2.05, 4.69) is 19.7 Å². The number of methoxy groups -OCH3 is 1. The van der Waals surface area contributed by atoms with Gasteiger partial charge in [-0.3, -0.25) is 0 Å². The van der Waals surface area contributed by atoms with E-state index < -0.39 is 12.0 Å². The van der Waals surface area contributed by atoms with Crippen LogP contribution in [0.25, 0.3) is 0 Å². The molecule has 114 valence electrons. The van der Waals surface area contributed by atoms with Gasteiger partial charge < -0.3 is 14.5 Å². The topological polar surface area (TPSA) is 98.5 Å². The Morgan fingerprint density at radius 2 is 1.52 bits per heavy atom. The summed E-state index contributed by atoms with van der Waals surface area (Å²) < 4.78 is 4.65. The largest absolute Gasteiger partial charge is 0.467 e. The zero-order valence-electron chi connectivity index (χ0n) is 13.0. The van der Waals surface area contributed by atoms with E-state index in [9.17, 15) is 10.1 Å². The first kappa shape index (κ1) is 16.4. The lowest BCUT2D eigenvalue weighted by Crippen LogP contribution is -2.38. The Balaban J connectivity index is 3.32. The maximum absolute atomic E-state index is 11.6. The van der Waals surface area contributed by atoms with E-state index in [-0.39, 0.29) is 5.95 Å². The molecule has 21 heavy (non-hydrogen) atoms. The van der Waals surface area contributed by atoms with Crippen LogP contribution in [0.2, 0.25) is 0 Å².